The van der Waals surface area contributed by atoms with E-state index in [0.29, 0.717) is 12.3 Å². The van der Waals surface area contributed by atoms with Crippen molar-refractivity contribution in [2.45, 2.75) is 26.8 Å². The Morgan fingerprint density at radius 1 is 1.13 bits per heavy atom. The second kappa shape index (κ2) is 10.4. The molecule has 0 atom stereocenters. The fourth-order valence-electron chi connectivity index (χ4n) is 3.26. The molecule has 0 saturated heterocycles. The number of imidazole rings is 1. The molecule has 6 nitrogen and oxygen atoms in total. The van der Waals surface area contributed by atoms with Crippen LogP contribution in [0, 0.1) is 13.8 Å². The number of carbonyl (C=O) groups is 1. The van der Waals surface area contributed by atoms with Crippen molar-refractivity contribution >= 4 is 45.0 Å². The van der Waals surface area contributed by atoms with E-state index in [9.17, 15) is 4.79 Å². The van der Waals surface area contributed by atoms with Crippen molar-refractivity contribution in [2.75, 3.05) is 18.1 Å². The molecule has 0 aliphatic heterocycles. The topological polar surface area (TPSA) is 60.2 Å². The van der Waals surface area contributed by atoms with E-state index >= 15 is 0 Å². The molecule has 0 N–H and O–H groups in total. The maximum absolute atomic E-state index is 13.1. The fourth-order valence-corrected chi connectivity index (χ4v) is 4.42. The number of benzene rings is 2. The average molecular weight is 457 g/mol. The average Bonchev–Trinajstić information content (AvgIpc) is 3.44. The molecule has 2 heterocycles. The number of ether oxygens (including phenoxy) is 1. The summed E-state index contributed by atoms with van der Waals surface area (Å²) in [6.07, 6.45) is 6.27. The molecular formula is C23H25ClN4O2S. The normalized spacial score (nSPS) is 10.6. The number of fused-ring (bicyclic) bond motifs is 1. The van der Waals surface area contributed by atoms with Crippen LogP contribution < -0.4 is 9.64 Å². The lowest BCUT2D eigenvalue weighted by Crippen LogP contribution is -2.36. The van der Waals surface area contributed by atoms with Gasteiger partial charge in [-0.3, -0.25) is 9.69 Å². The van der Waals surface area contributed by atoms with Gasteiger partial charge in [-0.05, 0) is 43.5 Å². The Morgan fingerprint density at radius 2 is 1.90 bits per heavy atom. The summed E-state index contributed by atoms with van der Waals surface area (Å²) in [5.74, 6) is 0.582. The number of aromatic nitrogens is 3. The van der Waals surface area contributed by atoms with Gasteiger partial charge in [0, 0.05) is 25.5 Å². The molecule has 4 rings (SSSR count). The Balaban J connectivity index is 0.00000272. The minimum absolute atomic E-state index is 0. The van der Waals surface area contributed by atoms with E-state index in [1.807, 2.05) is 41.1 Å². The van der Waals surface area contributed by atoms with Crippen LogP contribution in [-0.4, -0.2) is 33.6 Å². The molecule has 2 aromatic heterocycles. The van der Waals surface area contributed by atoms with Gasteiger partial charge < -0.3 is 9.30 Å². The largest absolute Gasteiger partial charge is 0.484 e. The van der Waals surface area contributed by atoms with E-state index < -0.39 is 0 Å². The summed E-state index contributed by atoms with van der Waals surface area (Å²) in [5, 5.41) is 0.717. The highest BCUT2D eigenvalue weighted by molar-refractivity contribution is 7.22. The lowest BCUT2D eigenvalue weighted by atomic mass is 10.1. The minimum Gasteiger partial charge on any atom is -0.484 e. The molecule has 0 aliphatic rings. The summed E-state index contributed by atoms with van der Waals surface area (Å²) < 4.78 is 8.85. The summed E-state index contributed by atoms with van der Waals surface area (Å²) >= 11 is 1.56. The van der Waals surface area contributed by atoms with Gasteiger partial charge in [-0.1, -0.05) is 41.7 Å². The van der Waals surface area contributed by atoms with Gasteiger partial charge in [0.15, 0.2) is 11.7 Å². The highest BCUT2D eigenvalue weighted by Gasteiger charge is 2.21. The number of rotatable bonds is 8. The molecule has 2 aromatic carbocycles. The summed E-state index contributed by atoms with van der Waals surface area (Å²) in [4.78, 5) is 23.7. The molecule has 0 bridgehead atoms. The Morgan fingerprint density at radius 3 is 2.61 bits per heavy atom. The molecule has 0 aliphatic carbocycles. The fraction of sp³-hybridized carbons (Fsp3) is 0.261. The maximum Gasteiger partial charge on any atom is 0.266 e. The van der Waals surface area contributed by atoms with Crippen molar-refractivity contribution < 1.29 is 9.53 Å². The molecule has 4 aromatic rings. The van der Waals surface area contributed by atoms with Gasteiger partial charge >= 0.3 is 0 Å². The zero-order valence-corrected chi connectivity index (χ0v) is 19.2. The number of hydrogen-bond donors (Lipinski definition) is 0. The monoisotopic (exact) mass is 456 g/mol. The first-order valence-electron chi connectivity index (χ1n) is 9.92. The first-order chi connectivity index (χ1) is 14.6. The molecule has 0 fully saturated rings. The summed E-state index contributed by atoms with van der Waals surface area (Å²) in [7, 11) is 0. The van der Waals surface area contributed by atoms with Crippen LogP contribution in [0.4, 0.5) is 5.13 Å². The SMILES string of the molecule is Cc1ccc(C)c2sc(N(CCCn3ccnc3)C(=O)COc3ccccc3)nc12.Cl. The van der Waals surface area contributed by atoms with Crippen LogP contribution in [0.25, 0.3) is 10.2 Å². The molecule has 8 heteroatoms. The molecule has 0 unspecified atom stereocenters. The summed E-state index contributed by atoms with van der Waals surface area (Å²) in [6, 6.07) is 13.6. The maximum atomic E-state index is 13.1. The number of halogens is 1. The molecule has 31 heavy (non-hydrogen) atoms. The predicted octanol–water partition coefficient (Wildman–Crippen LogP) is 5.03. The minimum atomic E-state index is -0.0983. The third-order valence-corrected chi connectivity index (χ3v) is 6.14. The number of amides is 1. The van der Waals surface area contributed by atoms with Crippen LogP contribution in [0.2, 0.25) is 0 Å². The molecule has 0 radical (unpaired) electrons. The number of anilines is 1. The van der Waals surface area contributed by atoms with Crippen molar-refractivity contribution in [3.8, 4) is 5.75 Å². The van der Waals surface area contributed by atoms with Crippen LogP contribution in [-0.2, 0) is 11.3 Å². The van der Waals surface area contributed by atoms with Crippen molar-refractivity contribution in [3.05, 3.63) is 72.3 Å². The zero-order valence-electron chi connectivity index (χ0n) is 17.5. The van der Waals surface area contributed by atoms with Crippen LogP contribution >= 0.6 is 23.7 Å². The number of para-hydroxylation sites is 1. The first-order valence-corrected chi connectivity index (χ1v) is 10.7. The Hall–Kier alpha value is -2.90. The quantitative estimate of drug-likeness (QED) is 0.373. The van der Waals surface area contributed by atoms with Gasteiger partial charge in [0.2, 0.25) is 0 Å². The van der Waals surface area contributed by atoms with Crippen molar-refractivity contribution in [1.82, 2.24) is 14.5 Å². The smallest absolute Gasteiger partial charge is 0.266 e. The first kappa shape index (κ1) is 22.8. The zero-order chi connectivity index (χ0) is 20.9. The van der Waals surface area contributed by atoms with Crippen molar-refractivity contribution in [3.63, 3.8) is 0 Å². The Bertz CT molecular complexity index is 1090. The lowest BCUT2D eigenvalue weighted by molar-refractivity contribution is -0.120. The predicted molar refractivity (Wildman–Crippen MR) is 127 cm³/mol. The van der Waals surface area contributed by atoms with Gasteiger partial charge in [0.05, 0.1) is 16.5 Å². The van der Waals surface area contributed by atoms with Crippen LogP contribution in [0.1, 0.15) is 17.5 Å². The number of thiazole rings is 1. The Labute approximate surface area is 191 Å². The number of hydrogen-bond acceptors (Lipinski definition) is 5. The van der Waals surface area contributed by atoms with E-state index in [1.165, 1.54) is 5.56 Å². The van der Waals surface area contributed by atoms with Gasteiger partial charge in [-0.2, -0.15) is 0 Å². The van der Waals surface area contributed by atoms with Gasteiger partial charge in [0.1, 0.15) is 5.75 Å². The van der Waals surface area contributed by atoms with E-state index in [-0.39, 0.29) is 24.9 Å². The Kier molecular flexibility index (Phi) is 7.65. The second-order valence-corrected chi connectivity index (χ2v) is 8.15. The van der Waals surface area contributed by atoms with Crippen LogP contribution in [0.3, 0.4) is 0 Å². The molecule has 0 saturated carbocycles. The van der Waals surface area contributed by atoms with E-state index in [0.717, 1.165) is 33.9 Å². The second-order valence-electron chi connectivity index (χ2n) is 7.17. The van der Waals surface area contributed by atoms with Crippen LogP contribution in [0.15, 0.2) is 61.2 Å². The molecule has 0 spiro atoms. The third kappa shape index (κ3) is 5.42. The van der Waals surface area contributed by atoms with E-state index in [2.05, 4.69) is 31.0 Å². The highest BCUT2D eigenvalue weighted by atomic mass is 35.5. The van der Waals surface area contributed by atoms with E-state index in [4.69, 9.17) is 9.72 Å². The number of carbonyl (C=O) groups excluding carboxylic acids is 1. The van der Waals surface area contributed by atoms with Gasteiger partial charge in [0.25, 0.3) is 5.91 Å². The molecular weight excluding hydrogens is 432 g/mol. The summed E-state index contributed by atoms with van der Waals surface area (Å²) in [5.41, 5.74) is 3.25. The van der Waals surface area contributed by atoms with Gasteiger partial charge in [-0.15, -0.1) is 12.4 Å². The van der Waals surface area contributed by atoms with Crippen molar-refractivity contribution in [2.24, 2.45) is 0 Å². The van der Waals surface area contributed by atoms with Crippen LogP contribution in [0.5, 0.6) is 5.75 Å². The van der Waals surface area contributed by atoms with Crippen molar-refractivity contribution in [1.29, 1.82) is 0 Å². The van der Waals surface area contributed by atoms with E-state index in [1.54, 1.807) is 28.8 Å². The third-order valence-electron chi connectivity index (χ3n) is 4.93. The summed E-state index contributed by atoms with van der Waals surface area (Å²) in [6.45, 7) is 5.45. The highest BCUT2D eigenvalue weighted by Crippen LogP contribution is 2.33. The molecule has 162 valence electrons. The standard InChI is InChI=1S/C23H24N4O2S.ClH/c1-17-9-10-18(2)22-21(17)25-23(30-22)27(13-6-12-26-14-11-24-16-26)20(28)15-29-19-7-4-3-5-8-19;/h3-5,7-11,14,16H,6,12-13,15H2,1-2H3;1H. The number of aryl methyl sites for hydroxylation is 3. The molecule has 1 amide bonds. The van der Waals surface area contributed by atoms with Gasteiger partial charge in [-0.25, -0.2) is 9.97 Å². The lowest BCUT2D eigenvalue weighted by Gasteiger charge is -2.20. The number of nitrogens with zero attached hydrogens (tertiary/aromatic N) is 4.